The van der Waals surface area contributed by atoms with E-state index in [9.17, 15) is 10.4 Å². The Morgan fingerprint density at radius 3 is 2.64 bits per heavy atom. The first-order valence-corrected chi connectivity index (χ1v) is 5.34. The lowest BCUT2D eigenvalue weighted by Crippen LogP contribution is -2.53. The Hall–Kier alpha value is -0.590. The number of aliphatic hydroxyl groups is 1. The van der Waals surface area contributed by atoms with Crippen molar-refractivity contribution in [3.8, 4) is 6.07 Å². The summed E-state index contributed by atoms with van der Waals surface area (Å²) in [5, 5.41) is 19.7. The second kappa shape index (κ2) is 3.22. The largest absolute Gasteiger partial charge is 0.388 e. The molecule has 14 heavy (non-hydrogen) atoms. The van der Waals surface area contributed by atoms with Gasteiger partial charge in [-0.2, -0.15) is 5.26 Å². The summed E-state index contributed by atoms with van der Waals surface area (Å²) in [7, 11) is 0. The molecule has 1 saturated carbocycles. The van der Waals surface area contributed by atoms with Crippen molar-refractivity contribution in [3.05, 3.63) is 0 Å². The average molecular weight is 195 g/mol. The van der Waals surface area contributed by atoms with Crippen molar-refractivity contribution in [3.63, 3.8) is 0 Å². The molecule has 0 aromatic carbocycles. The topological polar surface area (TPSA) is 53.2 Å². The fourth-order valence-corrected chi connectivity index (χ4v) is 2.53. The SMILES string of the molecule is CC(O)(C1CCC1)C1(C#N)CCOC1. The van der Waals surface area contributed by atoms with E-state index in [0.717, 1.165) is 12.8 Å². The van der Waals surface area contributed by atoms with Crippen LogP contribution in [0, 0.1) is 22.7 Å². The minimum Gasteiger partial charge on any atom is -0.388 e. The lowest BCUT2D eigenvalue weighted by molar-refractivity contribution is -0.111. The number of hydrogen-bond acceptors (Lipinski definition) is 3. The molecular formula is C11H17NO2. The zero-order valence-corrected chi connectivity index (χ0v) is 8.62. The van der Waals surface area contributed by atoms with Gasteiger partial charge in [-0.3, -0.25) is 0 Å². The fourth-order valence-electron chi connectivity index (χ4n) is 2.53. The van der Waals surface area contributed by atoms with Crippen LogP contribution in [0.5, 0.6) is 0 Å². The minimum absolute atomic E-state index is 0.295. The first-order chi connectivity index (χ1) is 6.62. The van der Waals surface area contributed by atoms with Gasteiger partial charge < -0.3 is 9.84 Å². The molecule has 0 aromatic rings. The summed E-state index contributed by atoms with van der Waals surface area (Å²) >= 11 is 0. The van der Waals surface area contributed by atoms with Gasteiger partial charge >= 0.3 is 0 Å². The molecule has 0 spiro atoms. The Bertz CT molecular complexity index is 257. The van der Waals surface area contributed by atoms with Gasteiger partial charge in [-0.1, -0.05) is 6.42 Å². The Morgan fingerprint density at radius 2 is 2.29 bits per heavy atom. The maximum absolute atomic E-state index is 10.5. The number of nitrogens with zero attached hydrogens (tertiary/aromatic N) is 1. The van der Waals surface area contributed by atoms with Crippen LogP contribution in [0.1, 0.15) is 32.6 Å². The molecule has 1 aliphatic carbocycles. The van der Waals surface area contributed by atoms with E-state index < -0.39 is 11.0 Å². The first kappa shape index (κ1) is 9.95. The molecule has 2 atom stereocenters. The highest BCUT2D eigenvalue weighted by molar-refractivity contribution is 5.14. The number of nitriles is 1. The van der Waals surface area contributed by atoms with Crippen LogP contribution in [0.25, 0.3) is 0 Å². The van der Waals surface area contributed by atoms with Crippen molar-refractivity contribution in [1.29, 1.82) is 5.26 Å². The summed E-state index contributed by atoms with van der Waals surface area (Å²) in [6.45, 7) is 2.82. The van der Waals surface area contributed by atoms with Gasteiger partial charge in [0.15, 0.2) is 0 Å². The van der Waals surface area contributed by atoms with E-state index in [0.29, 0.717) is 25.6 Å². The van der Waals surface area contributed by atoms with Crippen LogP contribution in [0.2, 0.25) is 0 Å². The fraction of sp³-hybridized carbons (Fsp3) is 0.909. The van der Waals surface area contributed by atoms with E-state index in [4.69, 9.17) is 4.74 Å². The van der Waals surface area contributed by atoms with Gasteiger partial charge in [-0.05, 0) is 32.1 Å². The molecule has 2 unspecified atom stereocenters. The highest BCUT2D eigenvalue weighted by atomic mass is 16.5. The lowest BCUT2D eigenvalue weighted by atomic mass is 9.61. The normalized spacial score (nSPS) is 37.2. The van der Waals surface area contributed by atoms with Crippen molar-refractivity contribution >= 4 is 0 Å². The zero-order chi connectivity index (χ0) is 10.2. The van der Waals surface area contributed by atoms with Crippen LogP contribution in [-0.4, -0.2) is 23.9 Å². The Morgan fingerprint density at radius 1 is 1.57 bits per heavy atom. The van der Waals surface area contributed by atoms with E-state index in [1.165, 1.54) is 6.42 Å². The van der Waals surface area contributed by atoms with E-state index in [-0.39, 0.29) is 0 Å². The summed E-state index contributed by atoms with van der Waals surface area (Å²) in [4.78, 5) is 0. The van der Waals surface area contributed by atoms with Crippen molar-refractivity contribution in [1.82, 2.24) is 0 Å². The van der Waals surface area contributed by atoms with E-state index >= 15 is 0 Å². The smallest absolute Gasteiger partial charge is 0.111 e. The van der Waals surface area contributed by atoms with Crippen LogP contribution in [0.4, 0.5) is 0 Å². The Kier molecular flexibility index (Phi) is 2.29. The predicted octanol–water partition coefficient (Wildman–Crippen LogP) is 1.47. The third kappa shape index (κ3) is 1.18. The molecule has 3 nitrogen and oxygen atoms in total. The standard InChI is InChI=1S/C11H17NO2/c1-10(13,9-3-2-4-9)11(7-12)5-6-14-8-11/h9,13H,2-6,8H2,1H3. The number of ether oxygens (including phenoxy) is 1. The maximum Gasteiger partial charge on any atom is 0.111 e. The maximum atomic E-state index is 10.5. The van der Waals surface area contributed by atoms with Gasteiger partial charge in [0.25, 0.3) is 0 Å². The summed E-state index contributed by atoms with van der Waals surface area (Å²) in [6.07, 6.45) is 3.96. The molecule has 1 heterocycles. The monoisotopic (exact) mass is 195 g/mol. The van der Waals surface area contributed by atoms with E-state index in [1.807, 2.05) is 6.92 Å². The minimum atomic E-state index is -0.865. The predicted molar refractivity (Wildman–Crippen MR) is 51.4 cm³/mol. The van der Waals surface area contributed by atoms with Crippen LogP contribution in [0.3, 0.4) is 0 Å². The third-order valence-electron chi connectivity index (χ3n) is 4.10. The summed E-state index contributed by atoms with van der Waals surface area (Å²) in [5.41, 5.74) is -1.52. The zero-order valence-electron chi connectivity index (χ0n) is 8.62. The summed E-state index contributed by atoms with van der Waals surface area (Å²) in [6, 6.07) is 2.29. The van der Waals surface area contributed by atoms with Gasteiger partial charge in [-0.15, -0.1) is 0 Å². The lowest BCUT2D eigenvalue weighted by Gasteiger charge is -2.46. The van der Waals surface area contributed by atoms with Gasteiger partial charge in [0, 0.05) is 6.61 Å². The second-order valence-electron chi connectivity index (χ2n) is 4.77. The quantitative estimate of drug-likeness (QED) is 0.726. The van der Waals surface area contributed by atoms with Crippen molar-refractivity contribution in [2.45, 2.75) is 38.2 Å². The molecular weight excluding hydrogens is 178 g/mol. The Labute approximate surface area is 84.7 Å². The second-order valence-corrected chi connectivity index (χ2v) is 4.77. The summed E-state index contributed by atoms with van der Waals surface area (Å²) in [5.74, 6) is 0.295. The van der Waals surface area contributed by atoms with Crippen LogP contribution >= 0.6 is 0 Å². The van der Waals surface area contributed by atoms with Gasteiger partial charge in [-0.25, -0.2) is 0 Å². The van der Waals surface area contributed by atoms with Crippen molar-refractivity contribution in [2.24, 2.45) is 11.3 Å². The molecule has 78 valence electrons. The summed E-state index contributed by atoms with van der Waals surface area (Å²) < 4.78 is 5.27. The molecule has 2 rings (SSSR count). The van der Waals surface area contributed by atoms with Crippen molar-refractivity contribution in [2.75, 3.05) is 13.2 Å². The van der Waals surface area contributed by atoms with Crippen molar-refractivity contribution < 1.29 is 9.84 Å². The molecule has 1 N–H and O–H groups in total. The molecule has 1 saturated heterocycles. The first-order valence-electron chi connectivity index (χ1n) is 5.34. The molecule has 0 amide bonds. The highest BCUT2D eigenvalue weighted by Gasteiger charge is 2.55. The molecule has 0 bridgehead atoms. The van der Waals surface area contributed by atoms with E-state index in [1.54, 1.807) is 0 Å². The van der Waals surface area contributed by atoms with Gasteiger partial charge in [0.2, 0.25) is 0 Å². The van der Waals surface area contributed by atoms with Gasteiger partial charge in [0.1, 0.15) is 5.41 Å². The molecule has 0 radical (unpaired) electrons. The molecule has 1 aliphatic heterocycles. The van der Waals surface area contributed by atoms with E-state index in [2.05, 4.69) is 6.07 Å². The Balaban J connectivity index is 2.21. The molecule has 2 fully saturated rings. The average Bonchev–Trinajstić information content (AvgIpc) is 2.48. The molecule has 0 aromatic heterocycles. The number of rotatable bonds is 2. The molecule has 2 aliphatic rings. The molecule has 3 heteroatoms. The van der Waals surface area contributed by atoms with Crippen LogP contribution in [0.15, 0.2) is 0 Å². The van der Waals surface area contributed by atoms with Crippen LogP contribution < -0.4 is 0 Å². The number of hydrogen-bond donors (Lipinski definition) is 1. The third-order valence-corrected chi connectivity index (χ3v) is 4.10. The van der Waals surface area contributed by atoms with Crippen LogP contribution in [-0.2, 0) is 4.74 Å². The van der Waals surface area contributed by atoms with Gasteiger partial charge in [0.05, 0.1) is 18.3 Å². The highest BCUT2D eigenvalue weighted by Crippen LogP contribution is 2.49.